The van der Waals surface area contributed by atoms with E-state index in [1.807, 2.05) is 0 Å². The summed E-state index contributed by atoms with van der Waals surface area (Å²) in [5.41, 5.74) is -0.500. The molecule has 1 aromatic rings. The zero-order valence-corrected chi connectivity index (χ0v) is 10.9. The summed E-state index contributed by atoms with van der Waals surface area (Å²) in [6.45, 7) is 1.35. The predicted octanol–water partition coefficient (Wildman–Crippen LogP) is 2.32. The summed E-state index contributed by atoms with van der Waals surface area (Å²) in [6, 6.07) is 2.37. The van der Waals surface area contributed by atoms with E-state index >= 15 is 0 Å². The SMILES string of the molecule is CNCC[C@@H](Oc1nc(C)c(F)cc1C#N)C(F)(F)F. The van der Waals surface area contributed by atoms with Gasteiger partial charge in [-0.2, -0.15) is 18.4 Å². The van der Waals surface area contributed by atoms with E-state index < -0.39 is 24.0 Å². The largest absolute Gasteiger partial charge is 0.464 e. The van der Waals surface area contributed by atoms with Crippen molar-refractivity contribution >= 4 is 0 Å². The number of hydrogen-bond acceptors (Lipinski definition) is 4. The van der Waals surface area contributed by atoms with Crippen LogP contribution in [-0.2, 0) is 0 Å². The first-order valence-electron chi connectivity index (χ1n) is 5.74. The lowest BCUT2D eigenvalue weighted by Crippen LogP contribution is -2.37. The molecule has 1 heterocycles. The number of aryl methyl sites for hydroxylation is 1. The fraction of sp³-hybridized carbons (Fsp3) is 0.500. The van der Waals surface area contributed by atoms with Crippen molar-refractivity contribution < 1.29 is 22.3 Å². The normalized spacial score (nSPS) is 12.8. The molecule has 110 valence electrons. The van der Waals surface area contributed by atoms with Gasteiger partial charge in [0.15, 0.2) is 6.10 Å². The van der Waals surface area contributed by atoms with Gasteiger partial charge in [-0.25, -0.2) is 9.37 Å². The number of hydrogen-bond donors (Lipinski definition) is 1. The summed E-state index contributed by atoms with van der Waals surface area (Å²) in [5.74, 6) is -1.28. The van der Waals surface area contributed by atoms with Gasteiger partial charge in [0.25, 0.3) is 0 Å². The van der Waals surface area contributed by atoms with Crippen LogP contribution < -0.4 is 10.1 Å². The molecule has 0 unspecified atom stereocenters. The van der Waals surface area contributed by atoms with Gasteiger partial charge in [0.2, 0.25) is 5.88 Å². The first-order valence-corrected chi connectivity index (χ1v) is 5.74. The number of rotatable bonds is 5. The fourth-order valence-electron chi connectivity index (χ4n) is 1.43. The van der Waals surface area contributed by atoms with E-state index in [0.717, 1.165) is 6.07 Å². The standard InChI is InChI=1S/C12H13F4N3O/c1-7-9(13)5-8(6-17)11(19-7)20-10(3-4-18-2)12(14,15)16/h5,10,18H,3-4H2,1-2H3/t10-/m1/s1. The zero-order chi connectivity index (χ0) is 15.3. The topological polar surface area (TPSA) is 57.9 Å². The maximum absolute atomic E-state index is 13.2. The van der Waals surface area contributed by atoms with Crippen molar-refractivity contribution in [2.75, 3.05) is 13.6 Å². The van der Waals surface area contributed by atoms with Crippen LogP contribution in [0, 0.1) is 24.1 Å². The van der Waals surface area contributed by atoms with Gasteiger partial charge in [-0.3, -0.25) is 0 Å². The van der Waals surface area contributed by atoms with Crippen LogP contribution in [0.2, 0.25) is 0 Å². The third kappa shape index (κ3) is 4.06. The van der Waals surface area contributed by atoms with Gasteiger partial charge in [-0.15, -0.1) is 0 Å². The van der Waals surface area contributed by atoms with Gasteiger partial charge >= 0.3 is 6.18 Å². The Morgan fingerprint density at radius 2 is 2.15 bits per heavy atom. The van der Waals surface area contributed by atoms with E-state index in [9.17, 15) is 17.6 Å². The molecule has 0 amide bonds. The first kappa shape index (κ1) is 16.2. The van der Waals surface area contributed by atoms with E-state index in [0.29, 0.717) is 0 Å². The Bertz CT molecular complexity index is 511. The molecule has 1 N–H and O–H groups in total. The Morgan fingerprint density at radius 1 is 1.50 bits per heavy atom. The van der Waals surface area contributed by atoms with Crippen molar-refractivity contribution in [3.63, 3.8) is 0 Å². The summed E-state index contributed by atoms with van der Waals surface area (Å²) in [4.78, 5) is 3.56. The third-order valence-corrected chi connectivity index (χ3v) is 2.51. The number of nitrogens with one attached hydrogen (secondary N) is 1. The average Bonchev–Trinajstić information content (AvgIpc) is 2.36. The molecular weight excluding hydrogens is 278 g/mol. The number of nitrogens with zero attached hydrogens (tertiary/aromatic N) is 2. The van der Waals surface area contributed by atoms with Gasteiger partial charge in [0, 0.05) is 6.42 Å². The molecule has 0 spiro atoms. The minimum Gasteiger partial charge on any atom is -0.464 e. The number of nitriles is 1. The Hall–Kier alpha value is -1.88. The summed E-state index contributed by atoms with van der Waals surface area (Å²) in [5, 5.41) is 11.4. The third-order valence-electron chi connectivity index (χ3n) is 2.51. The second-order valence-corrected chi connectivity index (χ2v) is 4.06. The molecule has 0 fully saturated rings. The molecule has 0 radical (unpaired) electrons. The fourth-order valence-corrected chi connectivity index (χ4v) is 1.43. The van der Waals surface area contributed by atoms with Gasteiger partial charge in [-0.05, 0) is 26.6 Å². The van der Waals surface area contributed by atoms with Crippen LogP contribution in [0.5, 0.6) is 5.88 Å². The molecule has 0 aliphatic rings. The number of aromatic nitrogens is 1. The van der Waals surface area contributed by atoms with Gasteiger partial charge in [-0.1, -0.05) is 0 Å². The van der Waals surface area contributed by atoms with Crippen molar-refractivity contribution in [3.8, 4) is 11.9 Å². The molecule has 20 heavy (non-hydrogen) atoms. The quantitative estimate of drug-likeness (QED) is 0.846. The number of halogens is 4. The Balaban J connectivity index is 3.05. The molecule has 0 bridgehead atoms. The summed E-state index contributed by atoms with van der Waals surface area (Å²) >= 11 is 0. The minimum absolute atomic E-state index is 0.0756. The maximum atomic E-state index is 13.2. The second-order valence-electron chi connectivity index (χ2n) is 4.06. The average molecular weight is 291 g/mol. The molecule has 1 atom stereocenters. The van der Waals surface area contributed by atoms with Gasteiger partial charge in [0.1, 0.15) is 17.4 Å². The van der Waals surface area contributed by atoms with E-state index in [4.69, 9.17) is 10.00 Å². The van der Waals surface area contributed by atoms with Crippen molar-refractivity contribution in [2.24, 2.45) is 0 Å². The highest BCUT2D eigenvalue weighted by molar-refractivity contribution is 5.39. The van der Waals surface area contributed by atoms with Crippen molar-refractivity contribution in [1.29, 1.82) is 5.26 Å². The molecule has 0 saturated carbocycles. The van der Waals surface area contributed by atoms with Crippen LogP contribution in [0.1, 0.15) is 17.7 Å². The Morgan fingerprint density at radius 3 is 2.65 bits per heavy atom. The van der Waals surface area contributed by atoms with E-state index in [1.54, 1.807) is 6.07 Å². The van der Waals surface area contributed by atoms with Crippen molar-refractivity contribution in [2.45, 2.75) is 25.6 Å². The van der Waals surface area contributed by atoms with Crippen LogP contribution in [0.4, 0.5) is 17.6 Å². The Kier molecular flexibility index (Phi) is 5.27. The molecule has 0 aliphatic carbocycles. The lowest BCUT2D eigenvalue weighted by atomic mass is 10.2. The molecule has 8 heteroatoms. The molecule has 4 nitrogen and oxygen atoms in total. The molecule has 1 aromatic heterocycles. The lowest BCUT2D eigenvalue weighted by Gasteiger charge is -2.21. The van der Waals surface area contributed by atoms with Crippen LogP contribution >= 0.6 is 0 Å². The van der Waals surface area contributed by atoms with E-state index in [1.165, 1.54) is 14.0 Å². The Labute approximate surface area is 113 Å². The first-order chi connectivity index (χ1) is 9.29. The highest BCUT2D eigenvalue weighted by Gasteiger charge is 2.42. The summed E-state index contributed by atoms with van der Waals surface area (Å²) < 4.78 is 56.4. The number of pyridine rings is 1. The second kappa shape index (κ2) is 6.52. The highest BCUT2D eigenvalue weighted by atomic mass is 19.4. The van der Waals surface area contributed by atoms with E-state index in [2.05, 4.69) is 10.3 Å². The van der Waals surface area contributed by atoms with Crippen LogP contribution in [0.25, 0.3) is 0 Å². The van der Waals surface area contributed by atoms with Gasteiger partial charge in [0.05, 0.1) is 5.69 Å². The number of alkyl halides is 3. The summed E-state index contributed by atoms with van der Waals surface area (Å²) in [6.07, 6.45) is -7.06. The van der Waals surface area contributed by atoms with Gasteiger partial charge < -0.3 is 10.1 Å². The summed E-state index contributed by atoms with van der Waals surface area (Å²) in [7, 11) is 1.51. The minimum atomic E-state index is -4.60. The monoisotopic (exact) mass is 291 g/mol. The highest BCUT2D eigenvalue weighted by Crippen LogP contribution is 2.28. The molecule has 0 saturated heterocycles. The molecule has 0 aromatic carbocycles. The van der Waals surface area contributed by atoms with Crippen molar-refractivity contribution in [3.05, 3.63) is 23.1 Å². The van der Waals surface area contributed by atoms with Crippen LogP contribution in [-0.4, -0.2) is 30.9 Å². The van der Waals surface area contributed by atoms with Crippen molar-refractivity contribution in [1.82, 2.24) is 10.3 Å². The van der Waals surface area contributed by atoms with Crippen LogP contribution in [0.15, 0.2) is 6.07 Å². The van der Waals surface area contributed by atoms with Crippen LogP contribution in [0.3, 0.4) is 0 Å². The molecule has 1 rings (SSSR count). The van der Waals surface area contributed by atoms with E-state index in [-0.39, 0.29) is 24.2 Å². The maximum Gasteiger partial charge on any atom is 0.425 e. The molecule has 0 aliphatic heterocycles. The zero-order valence-electron chi connectivity index (χ0n) is 10.9. The number of ether oxygens (including phenoxy) is 1. The smallest absolute Gasteiger partial charge is 0.425 e. The lowest BCUT2D eigenvalue weighted by molar-refractivity contribution is -0.197. The predicted molar refractivity (Wildman–Crippen MR) is 62.7 cm³/mol. The molecular formula is C12H13F4N3O.